The van der Waals surface area contributed by atoms with Crippen LogP contribution in [0.5, 0.6) is 5.88 Å². The fourth-order valence-electron chi connectivity index (χ4n) is 2.97. The van der Waals surface area contributed by atoms with E-state index in [1.165, 1.54) is 0 Å². The van der Waals surface area contributed by atoms with Crippen LogP contribution in [0.25, 0.3) is 0 Å². The van der Waals surface area contributed by atoms with Gasteiger partial charge in [0.05, 0.1) is 5.41 Å². The van der Waals surface area contributed by atoms with E-state index in [1.807, 2.05) is 33.8 Å². The van der Waals surface area contributed by atoms with Gasteiger partial charge in [0.2, 0.25) is 11.8 Å². The number of piperidine rings is 1. The van der Waals surface area contributed by atoms with Crippen LogP contribution in [0.4, 0.5) is 0 Å². The monoisotopic (exact) mass is 333 g/mol. The maximum atomic E-state index is 12.7. The van der Waals surface area contributed by atoms with E-state index in [4.69, 9.17) is 4.74 Å². The molecule has 1 saturated heterocycles. The quantitative estimate of drug-likeness (QED) is 0.900. The number of pyridine rings is 1. The number of ether oxygens (including phenoxy) is 1. The van der Waals surface area contributed by atoms with E-state index in [-0.39, 0.29) is 11.9 Å². The third kappa shape index (κ3) is 4.69. The Labute approximate surface area is 145 Å². The summed E-state index contributed by atoms with van der Waals surface area (Å²) in [6.07, 6.45) is 3.79. The molecule has 0 bridgehead atoms. The topological polar surface area (TPSA) is 54.5 Å². The Bertz CT molecular complexity index is 586. The van der Waals surface area contributed by atoms with E-state index in [2.05, 4.69) is 29.2 Å². The van der Waals surface area contributed by atoms with Crippen molar-refractivity contribution in [2.45, 2.75) is 59.5 Å². The molecule has 0 radical (unpaired) electrons. The largest absolute Gasteiger partial charge is 0.476 e. The van der Waals surface area contributed by atoms with Crippen LogP contribution < -0.4 is 10.1 Å². The van der Waals surface area contributed by atoms with Gasteiger partial charge in [-0.25, -0.2) is 4.98 Å². The highest BCUT2D eigenvalue weighted by Gasteiger charge is 2.32. The molecule has 1 aliphatic heterocycles. The zero-order valence-electron chi connectivity index (χ0n) is 15.8. The number of likely N-dealkylation sites (tertiary alicyclic amines) is 1. The molecule has 5 heteroatoms. The standard InChI is InChI=1S/C19H31N3O2/c1-13-9-14(2)17(20-11-13)24-12-19(4,5)18(23)21-16-7-8-22(6)15(3)10-16/h9,11,15-16H,7-8,10,12H2,1-6H3,(H,21,23)/t15-,16-/m1/s1. The number of nitrogens with zero attached hydrogens (tertiary/aromatic N) is 2. The Kier molecular flexibility index (Phi) is 5.86. The molecule has 1 fully saturated rings. The second-order valence-corrected chi connectivity index (χ2v) is 7.83. The van der Waals surface area contributed by atoms with Gasteiger partial charge in [0, 0.05) is 30.4 Å². The molecule has 2 heterocycles. The summed E-state index contributed by atoms with van der Waals surface area (Å²) in [5, 5.41) is 3.20. The molecule has 24 heavy (non-hydrogen) atoms. The highest BCUT2D eigenvalue weighted by atomic mass is 16.5. The van der Waals surface area contributed by atoms with E-state index < -0.39 is 5.41 Å². The number of hydrogen-bond acceptors (Lipinski definition) is 4. The van der Waals surface area contributed by atoms with Gasteiger partial charge in [0.1, 0.15) is 6.61 Å². The van der Waals surface area contributed by atoms with Gasteiger partial charge in [0.15, 0.2) is 0 Å². The Hall–Kier alpha value is -1.62. The molecule has 1 aromatic heterocycles. The van der Waals surface area contributed by atoms with Crippen molar-refractivity contribution < 1.29 is 9.53 Å². The fourth-order valence-corrected chi connectivity index (χ4v) is 2.97. The SMILES string of the molecule is Cc1cnc(OCC(C)(C)C(=O)N[C@@H]2CCN(C)[C@H](C)C2)c(C)c1. The molecule has 134 valence electrons. The van der Waals surface area contributed by atoms with Gasteiger partial charge in [-0.3, -0.25) is 4.79 Å². The molecule has 2 atom stereocenters. The lowest BCUT2D eigenvalue weighted by atomic mass is 9.91. The first-order valence-electron chi connectivity index (χ1n) is 8.76. The summed E-state index contributed by atoms with van der Waals surface area (Å²) < 4.78 is 5.82. The fraction of sp³-hybridized carbons (Fsp3) is 0.684. The molecule has 0 saturated carbocycles. The molecule has 2 rings (SSSR count). The molecule has 1 N–H and O–H groups in total. The van der Waals surface area contributed by atoms with E-state index >= 15 is 0 Å². The Morgan fingerprint density at radius 3 is 2.79 bits per heavy atom. The van der Waals surface area contributed by atoms with Gasteiger partial charge in [-0.2, -0.15) is 0 Å². The minimum absolute atomic E-state index is 0.0500. The number of carbonyl (C=O) groups excluding carboxylic acids is 1. The summed E-state index contributed by atoms with van der Waals surface area (Å²) in [7, 11) is 2.14. The molecule has 1 aromatic rings. The van der Waals surface area contributed by atoms with Crippen molar-refractivity contribution in [3.05, 3.63) is 23.4 Å². The average molecular weight is 333 g/mol. The number of rotatable bonds is 5. The van der Waals surface area contributed by atoms with Crippen LogP contribution in [0.3, 0.4) is 0 Å². The summed E-state index contributed by atoms with van der Waals surface area (Å²) in [5.41, 5.74) is 1.51. The normalized spacial score (nSPS) is 22.2. The van der Waals surface area contributed by atoms with Crippen molar-refractivity contribution in [3.8, 4) is 5.88 Å². The van der Waals surface area contributed by atoms with Crippen molar-refractivity contribution in [2.24, 2.45) is 5.41 Å². The highest BCUT2D eigenvalue weighted by molar-refractivity contribution is 5.82. The minimum atomic E-state index is -0.592. The summed E-state index contributed by atoms with van der Waals surface area (Å²) in [4.78, 5) is 19.3. The molecule has 0 unspecified atom stereocenters. The zero-order chi connectivity index (χ0) is 17.9. The summed E-state index contributed by atoms with van der Waals surface area (Å²) >= 11 is 0. The second-order valence-electron chi connectivity index (χ2n) is 7.83. The maximum absolute atomic E-state index is 12.7. The smallest absolute Gasteiger partial charge is 0.229 e. The first kappa shape index (κ1) is 18.7. The molecular formula is C19H31N3O2. The lowest BCUT2D eigenvalue weighted by molar-refractivity contribution is -0.132. The van der Waals surface area contributed by atoms with E-state index in [0.717, 1.165) is 30.5 Å². The number of aromatic nitrogens is 1. The van der Waals surface area contributed by atoms with Crippen molar-refractivity contribution in [1.29, 1.82) is 0 Å². The van der Waals surface area contributed by atoms with Crippen LogP contribution in [0.1, 0.15) is 44.7 Å². The lowest BCUT2D eigenvalue weighted by Gasteiger charge is -2.36. The maximum Gasteiger partial charge on any atom is 0.229 e. The Morgan fingerprint density at radius 2 is 2.17 bits per heavy atom. The highest BCUT2D eigenvalue weighted by Crippen LogP contribution is 2.22. The van der Waals surface area contributed by atoms with Crippen molar-refractivity contribution in [3.63, 3.8) is 0 Å². The van der Waals surface area contributed by atoms with E-state index in [9.17, 15) is 4.79 Å². The molecular weight excluding hydrogens is 302 g/mol. The van der Waals surface area contributed by atoms with Crippen molar-refractivity contribution in [1.82, 2.24) is 15.2 Å². The summed E-state index contributed by atoms with van der Waals surface area (Å²) in [5.74, 6) is 0.656. The number of hydrogen-bond donors (Lipinski definition) is 1. The van der Waals surface area contributed by atoms with Gasteiger partial charge in [0.25, 0.3) is 0 Å². The first-order chi connectivity index (χ1) is 11.2. The van der Waals surface area contributed by atoms with E-state index in [0.29, 0.717) is 18.5 Å². The van der Waals surface area contributed by atoms with Gasteiger partial charge in [-0.05, 0) is 66.1 Å². The predicted molar refractivity (Wildman–Crippen MR) is 96.2 cm³/mol. The van der Waals surface area contributed by atoms with E-state index in [1.54, 1.807) is 6.20 Å². The van der Waals surface area contributed by atoms with Crippen molar-refractivity contribution in [2.75, 3.05) is 20.2 Å². The molecule has 0 spiro atoms. The Morgan fingerprint density at radius 1 is 1.46 bits per heavy atom. The Balaban J connectivity index is 1.90. The number of nitrogens with one attached hydrogen (secondary N) is 1. The van der Waals surface area contributed by atoms with Gasteiger partial charge in [-0.15, -0.1) is 0 Å². The van der Waals surface area contributed by atoms with Gasteiger partial charge < -0.3 is 15.0 Å². The van der Waals surface area contributed by atoms with Crippen LogP contribution in [0.15, 0.2) is 12.3 Å². The van der Waals surface area contributed by atoms with Crippen LogP contribution >= 0.6 is 0 Å². The molecule has 1 aliphatic rings. The number of aryl methyl sites for hydroxylation is 2. The summed E-state index contributed by atoms with van der Waals surface area (Å²) in [6.45, 7) is 11.4. The number of carbonyl (C=O) groups is 1. The third-order valence-corrected chi connectivity index (χ3v) is 4.89. The van der Waals surface area contributed by atoms with Crippen LogP contribution in [-0.4, -0.2) is 48.1 Å². The zero-order valence-corrected chi connectivity index (χ0v) is 15.8. The average Bonchev–Trinajstić information content (AvgIpc) is 2.50. The van der Waals surface area contributed by atoms with Gasteiger partial charge in [-0.1, -0.05) is 0 Å². The number of amides is 1. The van der Waals surface area contributed by atoms with Crippen molar-refractivity contribution >= 4 is 5.91 Å². The predicted octanol–water partition coefficient (Wildman–Crippen LogP) is 2.70. The lowest BCUT2D eigenvalue weighted by Crippen LogP contribution is -2.51. The third-order valence-electron chi connectivity index (χ3n) is 4.89. The molecule has 0 aromatic carbocycles. The second kappa shape index (κ2) is 7.51. The summed E-state index contributed by atoms with van der Waals surface area (Å²) in [6, 6.07) is 2.79. The van der Waals surface area contributed by atoms with Crippen LogP contribution in [0, 0.1) is 19.3 Å². The van der Waals surface area contributed by atoms with Crippen LogP contribution in [-0.2, 0) is 4.79 Å². The minimum Gasteiger partial charge on any atom is -0.476 e. The van der Waals surface area contributed by atoms with Gasteiger partial charge >= 0.3 is 0 Å². The molecule has 5 nitrogen and oxygen atoms in total. The van der Waals surface area contributed by atoms with Crippen LogP contribution in [0.2, 0.25) is 0 Å². The molecule has 0 aliphatic carbocycles. The molecule has 1 amide bonds. The first-order valence-corrected chi connectivity index (χ1v) is 8.76.